The molecule has 154 valence electrons. The summed E-state index contributed by atoms with van der Waals surface area (Å²) in [4.78, 5) is 0. The molecule has 1 aromatic rings. The van der Waals surface area contributed by atoms with E-state index in [1.807, 2.05) is 11.1 Å². The normalized spacial score (nSPS) is 24.6. The van der Waals surface area contributed by atoms with Crippen LogP contribution in [0.1, 0.15) is 56.9 Å². The molecule has 0 fully saturated rings. The molecule has 2 unspecified atom stereocenters. The zero-order chi connectivity index (χ0) is 18.1. The number of rotatable bonds is 4. The van der Waals surface area contributed by atoms with E-state index in [0.29, 0.717) is 6.91 Å². The fourth-order valence-corrected chi connectivity index (χ4v) is 17.9. The minimum Gasteiger partial charge on any atom is -0.147 e. The first-order valence-electron chi connectivity index (χ1n) is 10.9. The van der Waals surface area contributed by atoms with Crippen LogP contribution >= 0.6 is 24.8 Å². The zero-order valence-corrected chi connectivity index (χ0v) is 21.5. The van der Waals surface area contributed by atoms with Crippen LogP contribution < -0.4 is 0 Å². The Morgan fingerprint density at radius 2 is 1.24 bits per heavy atom. The number of hydrogen-bond donors (Lipinski definition) is 0. The number of halogens is 2. The molecule has 0 heterocycles. The second-order valence-corrected chi connectivity index (χ2v) is 17.6. The van der Waals surface area contributed by atoms with Crippen LogP contribution in [0.25, 0.3) is 0 Å². The van der Waals surface area contributed by atoms with Crippen LogP contribution in [0, 0.1) is 0 Å². The molecule has 4 aliphatic rings. The molecule has 0 saturated heterocycles. The first kappa shape index (κ1) is 23.4. The molecule has 0 aliphatic heterocycles. The largest absolute Gasteiger partial charge is 0.147 e. The van der Waals surface area contributed by atoms with E-state index in [9.17, 15) is 0 Å². The van der Waals surface area contributed by atoms with Gasteiger partial charge in [0.1, 0.15) is 0 Å². The van der Waals surface area contributed by atoms with Gasteiger partial charge in [0.15, 0.2) is 0 Å². The van der Waals surface area contributed by atoms with Gasteiger partial charge in [-0.15, -0.1) is 24.8 Å². The van der Waals surface area contributed by atoms with E-state index in [1.54, 1.807) is 16.7 Å². The van der Waals surface area contributed by atoms with Crippen molar-refractivity contribution in [3.8, 4) is 0 Å². The Bertz CT molecular complexity index is 829. The molecule has 29 heavy (non-hydrogen) atoms. The summed E-state index contributed by atoms with van der Waals surface area (Å²) in [6.45, 7) is 0.571. The van der Waals surface area contributed by atoms with E-state index in [0.717, 1.165) is 8.45 Å². The number of allylic oxidation sites excluding steroid dienone is 8. The van der Waals surface area contributed by atoms with E-state index in [2.05, 4.69) is 54.6 Å². The zero-order valence-electron chi connectivity index (χ0n) is 17.1. The maximum absolute atomic E-state index is 2.68. The van der Waals surface area contributed by atoms with Gasteiger partial charge in [0.25, 0.3) is 0 Å². The van der Waals surface area contributed by atoms with Crippen molar-refractivity contribution in [3.63, 3.8) is 0 Å². The molecule has 0 amide bonds. The fraction of sp³-hybridized carbons (Fsp3) is 0.440. The van der Waals surface area contributed by atoms with Crippen molar-refractivity contribution in [2.75, 3.05) is 0 Å². The summed E-state index contributed by atoms with van der Waals surface area (Å²) in [6.07, 6.45) is 21.7. The van der Waals surface area contributed by atoms with Gasteiger partial charge in [0.2, 0.25) is 0 Å². The van der Waals surface area contributed by atoms with Crippen LogP contribution in [-0.2, 0) is 22.7 Å². The number of benzene rings is 1. The third-order valence-corrected chi connectivity index (χ3v) is 18.2. The SMILES string of the molecule is C1=C[CH]([Ti](=[SiH]Cc2ccccc2)[CH]2C=CC3=C2CCCC3)C2=C1CCCC2.Cl.Cl. The van der Waals surface area contributed by atoms with Gasteiger partial charge in [-0.05, 0) is 0 Å². The predicted molar refractivity (Wildman–Crippen MR) is 129 cm³/mol. The molecule has 0 aromatic heterocycles. The van der Waals surface area contributed by atoms with Gasteiger partial charge in [-0.25, -0.2) is 0 Å². The van der Waals surface area contributed by atoms with Crippen LogP contribution in [0.3, 0.4) is 0 Å². The van der Waals surface area contributed by atoms with Gasteiger partial charge in [0, 0.05) is 0 Å². The molecule has 0 bridgehead atoms. The minimum absolute atomic E-state index is 0. The summed E-state index contributed by atoms with van der Waals surface area (Å²) < 4.78 is 1.78. The quantitative estimate of drug-likeness (QED) is 0.394. The smallest absolute Gasteiger partial charge is 0.147 e. The van der Waals surface area contributed by atoms with E-state index in [4.69, 9.17) is 0 Å². The second-order valence-electron chi connectivity index (χ2n) is 8.58. The molecule has 0 saturated carbocycles. The predicted octanol–water partition coefficient (Wildman–Crippen LogP) is 7.46. The van der Waals surface area contributed by atoms with Crippen molar-refractivity contribution in [3.05, 3.63) is 82.5 Å². The fourth-order valence-electron chi connectivity index (χ4n) is 5.57. The van der Waals surface area contributed by atoms with Crippen molar-refractivity contribution in [2.45, 2.75) is 65.9 Å². The molecule has 0 spiro atoms. The summed E-state index contributed by atoms with van der Waals surface area (Å²) in [7, 11) is 0. The van der Waals surface area contributed by atoms with E-state index < -0.39 is 16.6 Å². The van der Waals surface area contributed by atoms with Crippen LogP contribution in [-0.4, -0.2) is 6.91 Å². The Kier molecular flexibility index (Phi) is 8.72. The van der Waals surface area contributed by atoms with Crippen LogP contribution in [0.4, 0.5) is 0 Å². The maximum atomic E-state index is 2.68. The van der Waals surface area contributed by atoms with Crippen molar-refractivity contribution in [1.82, 2.24) is 0 Å². The molecular weight excluding hydrogens is 447 g/mol. The number of hydrogen-bond acceptors (Lipinski definition) is 0. The summed E-state index contributed by atoms with van der Waals surface area (Å²) in [5.41, 5.74) is 8.87. The van der Waals surface area contributed by atoms with E-state index in [1.165, 1.54) is 57.4 Å². The van der Waals surface area contributed by atoms with Crippen molar-refractivity contribution >= 4 is 31.7 Å². The molecule has 5 rings (SSSR count). The molecule has 0 N–H and O–H groups in total. The van der Waals surface area contributed by atoms with Gasteiger partial charge in [-0.1, -0.05) is 0 Å². The Morgan fingerprint density at radius 1 is 0.724 bits per heavy atom. The van der Waals surface area contributed by atoms with Crippen molar-refractivity contribution < 1.29 is 16.6 Å². The van der Waals surface area contributed by atoms with Gasteiger partial charge < -0.3 is 0 Å². The summed E-state index contributed by atoms with van der Waals surface area (Å²) in [6, 6.07) is 12.7. The molecule has 0 nitrogen and oxygen atoms in total. The monoisotopic (exact) mass is 478 g/mol. The Labute approximate surface area is 195 Å². The third-order valence-electron chi connectivity index (χ3n) is 6.97. The van der Waals surface area contributed by atoms with Gasteiger partial charge in [-0.2, -0.15) is 0 Å². The van der Waals surface area contributed by atoms with Gasteiger partial charge >= 0.3 is 172 Å². The van der Waals surface area contributed by atoms with Gasteiger partial charge in [-0.3, -0.25) is 0 Å². The Morgan fingerprint density at radius 3 is 1.79 bits per heavy atom. The standard InChI is InChI=1S/2C9H11.C7H8Si.2ClH.Ti/c2*1-2-5-9-7-3-6-8(9)4-1;8-6-7-4-2-1-3-5-7;;;/h2*3,6-7H,1-2,4-5H2;1-5,8H,6H2;2*1H;. The maximum Gasteiger partial charge on any atom is -0.147 e. The first-order valence-corrected chi connectivity index (χ1v) is 16.8. The molecule has 4 aliphatic carbocycles. The molecular formula is C25H32Cl2SiTi. The van der Waals surface area contributed by atoms with E-state index >= 15 is 0 Å². The summed E-state index contributed by atoms with van der Waals surface area (Å²) in [5.74, 6) is 0. The summed E-state index contributed by atoms with van der Waals surface area (Å²) >= 11 is -1.25. The molecule has 0 radical (unpaired) electrons. The van der Waals surface area contributed by atoms with Crippen molar-refractivity contribution in [2.24, 2.45) is 0 Å². The average Bonchev–Trinajstić information content (AvgIpc) is 3.34. The van der Waals surface area contributed by atoms with E-state index in [-0.39, 0.29) is 24.8 Å². The second kappa shape index (κ2) is 10.8. The van der Waals surface area contributed by atoms with Gasteiger partial charge in [0.05, 0.1) is 0 Å². The van der Waals surface area contributed by atoms with Crippen LogP contribution in [0.5, 0.6) is 0 Å². The van der Waals surface area contributed by atoms with Crippen LogP contribution in [0.2, 0.25) is 8.45 Å². The Balaban J connectivity index is 0.00000120. The Hall–Kier alpha value is -0.309. The molecule has 2 atom stereocenters. The van der Waals surface area contributed by atoms with Crippen molar-refractivity contribution in [1.29, 1.82) is 0 Å². The topological polar surface area (TPSA) is 0 Å². The minimum atomic E-state index is -1.25. The summed E-state index contributed by atoms with van der Waals surface area (Å²) in [5, 5.41) is 0. The van der Waals surface area contributed by atoms with Crippen LogP contribution in [0.15, 0.2) is 76.9 Å². The average molecular weight is 479 g/mol. The first-order chi connectivity index (χ1) is 13.4. The molecule has 4 heteroatoms. The third kappa shape index (κ3) is 4.96. The molecule has 1 aromatic carbocycles.